The van der Waals surface area contributed by atoms with Gasteiger partial charge in [0.2, 0.25) is 5.91 Å². The third kappa shape index (κ3) is 4.08. The first kappa shape index (κ1) is 14.6. The van der Waals surface area contributed by atoms with Gasteiger partial charge in [-0.2, -0.15) is 0 Å². The van der Waals surface area contributed by atoms with Gasteiger partial charge in [0.05, 0.1) is 6.33 Å². The highest BCUT2D eigenvalue weighted by Gasteiger charge is 2.30. The minimum Gasteiger partial charge on any atom is -0.481 e. The Kier molecular flexibility index (Phi) is 4.76. The Hall–Kier alpha value is -1.85. The minimum absolute atomic E-state index is 0.0412. The molecule has 0 radical (unpaired) electrons. The number of carboxylic acids is 1. The second-order valence-corrected chi connectivity index (χ2v) is 5.71. The van der Waals surface area contributed by atoms with E-state index in [1.54, 1.807) is 13.1 Å². The molecule has 1 fully saturated rings. The summed E-state index contributed by atoms with van der Waals surface area (Å²) in [6.07, 6.45) is 8.01. The lowest BCUT2D eigenvalue weighted by atomic mass is 9.80. The average molecular weight is 279 g/mol. The molecule has 1 heterocycles. The standard InChI is InChI=1S/C14H21N3O3/c1-10(5-14(19)20)4-13(18)16-8-11-6-12(7-11)17-3-2-15-9-17/h2-3,9-12H,4-8H2,1H3,(H,16,18)(H,19,20). The van der Waals surface area contributed by atoms with Crippen LogP contribution < -0.4 is 5.32 Å². The summed E-state index contributed by atoms with van der Waals surface area (Å²) in [6.45, 7) is 2.47. The van der Waals surface area contributed by atoms with Crippen molar-refractivity contribution >= 4 is 11.9 Å². The first-order chi connectivity index (χ1) is 9.54. The van der Waals surface area contributed by atoms with Gasteiger partial charge in [0.15, 0.2) is 0 Å². The number of imidazole rings is 1. The van der Waals surface area contributed by atoms with E-state index in [0.717, 1.165) is 12.8 Å². The number of nitrogens with zero attached hydrogens (tertiary/aromatic N) is 2. The number of aromatic nitrogens is 2. The lowest BCUT2D eigenvalue weighted by Gasteiger charge is -2.36. The second kappa shape index (κ2) is 6.54. The summed E-state index contributed by atoms with van der Waals surface area (Å²) in [6, 6.07) is 0.505. The molecule has 0 aromatic carbocycles. The lowest BCUT2D eigenvalue weighted by Crippen LogP contribution is -2.37. The molecule has 1 aromatic rings. The van der Waals surface area contributed by atoms with E-state index in [-0.39, 0.29) is 24.7 Å². The van der Waals surface area contributed by atoms with Crippen molar-refractivity contribution in [2.45, 2.75) is 38.6 Å². The van der Waals surface area contributed by atoms with Crippen LogP contribution in [0.4, 0.5) is 0 Å². The van der Waals surface area contributed by atoms with Gasteiger partial charge >= 0.3 is 5.97 Å². The van der Waals surface area contributed by atoms with Crippen molar-refractivity contribution in [2.24, 2.45) is 11.8 Å². The highest BCUT2D eigenvalue weighted by atomic mass is 16.4. The maximum Gasteiger partial charge on any atom is 0.303 e. The van der Waals surface area contributed by atoms with Crippen LogP contribution in [0.25, 0.3) is 0 Å². The molecule has 110 valence electrons. The first-order valence-electron chi connectivity index (χ1n) is 7.00. The molecule has 1 unspecified atom stereocenters. The molecule has 2 N–H and O–H groups in total. The van der Waals surface area contributed by atoms with E-state index >= 15 is 0 Å². The molecule has 1 amide bonds. The number of carbonyl (C=O) groups is 2. The fourth-order valence-corrected chi connectivity index (χ4v) is 2.61. The Balaban J connectivity index is 1.60. The van der Waals surface area contributed by atoms with Crippen LogP contribution in [0.1, 0.15) is 38.6 Å². The smallest absolute Gasteiger partial charge is 0.303 e. The van der Waals surface area contributed by atoms with Crippen LogP contribution in [-0.4, -0.2) is 33.1 Å². The van der Waals surface area contributed by atoms with Gasteiger partial charge in [0.25, 0.3) is 0 Å². The molecule has 0 spiro atoms. The van der Waals surface area contributed by atoms with Crippen LogP contribution in [0.3, 0.4) is 0 Å². The molecular formula is C14H21N3O3. The summed E-state index contributed by atoms with van der Waals surface area (Å²) in [7, 11) is 0. The van der Waals surface area contributed by atoms with Gasteiger partial charge in [-0.1, -0.05) is 6.92 Å². The van der Waals surface area contributed by atoms with E-state index in [9.17, 15) is 9.59 Å². The molecule has 1 saturated carbocycles. The lowest BCUT2D eigenvalue weighted by molar-refractivity contribution is -0.138. The maximum atomic E-state index is 11.7. The van der Waals surface area contributed by atoms with E-state index in [2.05, 4.69) is 14.9 Å². The van der Waals surface area contributed by atoms with Crippen LogP contribution in [0.15, 0.2) is 18.7 Å². The Morgan fingerprint density at radius 1 is 1.45 bits per heavy atom. The molecule has 1 aliphatic rings. The molecular weight excluding hydrogens is 258 g/mol. The predicted molar refractivity (Wildman–Crippen MR) is 73.0 cm³/mol. The zero-order valence-electron chi connectivity index (χ0n) is 11.7. The highest BCUT2D eigenvalue weighted by molar-refractivity contribution is 5.77. The molecule has 2 rings (SSSR count). The number of carboxylic acid groups (broad SMARTS) is 1. The van der Waals surface area contributed by atoms with Crippen molar-refractivity contribution in [1.29, 1.82) is 0 Å². The fraction of sp³-hybridized carbons (Fsp3) is 0.643. The molecule has 6 nitrogen and oxygen atoms in total. The first-order valence-corrected chi connectivity index (χ1v) is 7.00. The van der Waals surface area contributed by atoms with Crippen LogP contribution in [0.5, 0.6) is 0 Å². The summed E-state index contributed by atoms with van der Waals surface area (Å²) in [5, 5.41) is 11.5. The van der Waals surface area contributed by atoms with E-state index in [0.29, 0.717) is 18.5 Å². The van der Waals surface area contributed by atoms with Crippen LogP contribution in [0, 0.1) is 11.8 Å². The van der Waals surface area contributed by atoms with Gasteiger partial charge in [-0.05, 0) is 24.7 Å². The van der Waals surface area contributed by atoms with Gasteiger partial charge in [-0.3, -0.25) is 9.59 Å². The topological polar surface area (TPSA) is 84.2 Å². The van der Waals surface area contributed by atoms with Crippen LogP contribution in [-0.2, 0) is 9.59 Å². The predicted octanol–water partition coefficient (Wildman–Crippen LogP) is 1.45. The summed E-state index contributed by atoms with van der Waals surface area (Å²) < 4.78 is 2.10. The fourth-order valence-electron chi connectivity index (χ4n) is 2.61. The normalized spacial score (nSPS) is 22.9. The third-order valence-electron chi connectivity index (χ3n) is 3.80. The summed E-state index contributed by atoms with van der Waals surface area (Å²) in [5.74, 6) is -0.508. The van der Waals surface area contributed by atoms with Gasteiger partial charge in [-0.25, -0.2) is 4.98 Å². The summed E-state index contributed by atoms with van der Waals surface area (Å²) in [5.41, 5.74) is 0. The number of nitrogens with one attached hydrogen (secondary N) is 1. The Morgan fingerprint density at radius 2 is 2.20 bits per heavy atom. The molecule has 1 aromatic heterocycles. The van der Waals surface area contributed by atoms with E-state index in [1.807, 2.05) is 12.5 Å². The molecule has 20 heavy (non-hydrogen) atoms. The van der Waals surface area contributed by atoms with Crippen molar-refractivity contribution in [3.05, 3.63) is 18.7 Å². The number of aliphatic carboxylic acids is 1. The molecule has 6 heteroatoms. The average Bonchev–Trinajstić information content (AvgIpc) is 2.78. The maximum absolute atomic E-state index is 11.7. The Bertz CT molecular complexity index is 452. The van der Waals surface area contributed by atoms with Crippen molar-refractivity contribution < 1.29 is 14.7 Å². The quantitative estimate of drug-likeness (QED) is 0.791. The number of hydrogen-bond acceptors (Lipinski definition) is 3. The van der Waals surface area contributed by atoms with Gasteiger partial charge < -0.3 is 15.0 Å². The van der Waals surface area contributed by atoms with Crippen LogP contribution in [0.2, 0.25) is 0 Å². The van der Waals surface area contributed by atoms with E-state index in [1.165, 1.54) is 0 Å². The largest absolute Gasteiger partial charge is 0.481 e. The Labute approximate surface area is 118 Å². The van der Waals surface area contributed by atoms with E-state index in [4.69, 9.17) is 5.11 Å². The molecule has 1 atom stereocenters. The van der Waals surface area contributed by atoms with Crippen molar-refractivity contribution in [3.63, 3.8) is 0 Å². The second-order valence-electron chi connectivity index (χ2n) is 5.71. The number of amides is 1. The van der Waals surface area contributed by atoms with Crippen molar-refractivity contribution in [2.75, 3.05) is 6.54 Å². The minimum atomic E-state index is -0.854. The molecule has 0 aliphatic heterocycles. The summed E-state index contributed by atoms with van der Waals surface area (Å²) in [4.78, 5) is 26.2. The number of carbonyl (C=O) groups excluding carboxylic acids is 1. The molecule has 0 bridgehead atoms. The van der Waals surface area contributed by atoms with Gasteiger partial charge in [-0.15, -0.1) is 0 Å². The van der Waals surface area contributed by atoms with Crippen molar-refractivity contribution in [1.82, 2.24) is 14.9 Å². The SMILES string of the molecule is CC(CC(=O)O)CC(=O)NCC1CC(n2ccnc2)C1. The zero-order chi connectivity index (χ0) is 14.5. The highest BCUT2D eigenvalue weighted by Crippen LogP contribution is 2.36. The van der Waals surface area contributed by atoms with Crippen LogP contribution >= 0.6 is 0 Å². The van der Waals surface area contributed by atoms with Crippen molar-refractivity contribution in [3.8, 4) is 0 Å². The van der Waals surface area contributed by atoms with Gasteiger partial charge in [0.1, 0.15) is 0 Å². The molecule has 1 aliphatic carbocycles. The monoisotopic (exact) mass is 279 g/mol. The third-order valence-corrected chi connectivity index (χ3v) is 3.80. The Morgan fingerprint density at radius 3 is 2.80 bits per heavy atom. The van der Waals surface area contributed by atoms with E-state index < -0.39 is 5.97 Å². The number of rotatable bonds is 7. The number of hydrogen-bond donors (Lipinski definition) is 2. The summed E-state index contributed by atoms with van der Waals surface area (Å²) >= 11 is 0. The molecule has 0 saturated heterocycles. The van der Waals surface area contributed by atoms with Gasteiger partial charge in [0, 0.05) is 37.8 Å². The zero-order valence-corrected chi connectivity index (χ0v) is 11.7.